The Kier molecular flexibility index (Phi) is 2.52. The lowest BCUT2D eigenvalue weighted by molar-refractivity contribution is -0.135. The maximum Gasteiger partial charge on any atom is 0.230 e. The van der Waals surface area contributed by atoms with E-state index in [0.717, 1.165) is 30.8 Å². The lowest BCUT2D eigenvalue weighted by Gasteiger charge is -2.20. The van der Waals surface area contributed by atoms with Crippen LogP contribution in [0, 0.1) is 6.92 Å². The minimum atomic E-state index is -0.462. The molecule has 2 heterocycles. The third-order valence-electron chi connectivity index (χ3n) is 3.19. The lowest BCUT2D eigenvalue weighted by Crippen LogP contribution is -2.24. The lowest BCUT2D eigenvalue weighted by atomic mass is 10.1. The molecule has 2 nitrogen and oxygen atoms in total. The average molecular weight is 228 g/mol. The molecule has 88 valence electrons. The van der Waals surface area contributed by atoms with Crippen molar-refractivity contribution in [2.45, 2.75) is 25.6 Å². The number of allylic oxidation sites excluding steroid dienone is 1. The van der Waals surface area contributed by atoms with E-state index in [0.29, 0.717) is 0 Å². The Labute approximate surface area is 102 Å². The highest BCUT2D eigenvalue weighted by atomic mass is 16.7. The van der Waals surface area contributed by atoms with Crippen molar-refractivity contribution in [3.63, 3.8) is 0 Å². The molecule has 1 fully saturated rings. The highest BCUT2D eigenvalue weighted by molar-refractivity contribution is 5.55. The van der Waals surface area contributed by atoms with Gasteiger partial charge in [0.1, 0.15) is 5.76 Å². The zero-order valence-electron chi connectivity index (χ0n) is 9.98. The van der Waals surface area contributed by atoms with E-state index in [4.69, 9.17) is 9.47 Å². The number of rotatable bonds is 1. The molecule has 0 saturated carbocycles. The summed E-state index contributed by atoms with van der Waals surface area (Å²) < 4.78 is 11.5. The molecule has 0 radical (unpaired) electrons. The van der Waals surface area contributed by atoms with Gasteiger partial charge in [0.2, 0.25) is 5.79 Å². The van der Waals surface area contributed by atoms with Gasteiger partial charge in [-0.3, -0.25) is 0 Å². The summed E-state index contributed by atoms with van der Waals surface area (Å²) in [5.41, 5.74) is 2.43. The second-order valence-electron chi connectivity index (χ2n) is 4.66. The van der Waals surface area contributed by atoms with Crippen LogP contribution in [0.5, 0.6) is 0 Å². The van der Waals surface area contributed by atoms with Crippen LogP contribution in [-0.4, -0.2) is 12.4 Å². The van der Waals surface area contributed by atoms with Crippen LogP contribution in [0.1, 0.15) is 24.0 Å². The standard InChI is InChI=1S/C15H16O2/c1-12-3-5-13(6-4-12)11-14-7-9-15(17-14)8-2-10-16-15/h3-7,9,11H,2,8,10H2,1H3/b14-11+. The average Bonchev–Trinajstić information content (AvgIpc) is 2.94. The van der Waals surface area contributed by atoms with Crippen molar-refractivity contribution in [1.82, 2.24) is 0 Å². The molecule has 17 heavy (non-hydrogen) atoms. The van der Waals surface area contributed by atoms with E-state index in [9.17, 15) is 0 Å². The summed E-state index contributed by atoms with van der Waals surface area (Å²) in [5.74, 6) is 0.423. The maximum absolute atomic E-state index is 5.87. The molecule has 0 aromatic heterocycles. The van der Waals surface area contributed by atoms with Crippen LogP contribution in [0.3, 0.4) is 0 Å². The normalized spacial score (nSPS) is 29.1. The van der Waals surface area contributed by atoms with Crippen LogP contribution in [0.2, 0.25) is 0 Å². The molecular formula is C15H16O2. The minimum absolute atomic E-state index is 0.462. The smallest absolute Gasteiger partial charge is 0.230 e. The molecular weight excluding hydrogens is 212 g/mol. The summed E-state index contributed by atoms with van der Waals surface area (Å²) in [6.45, 7) is 2.88. The van der Waals surface area contributed by atoms with Gasteiger partial charge in [0, 0.05) is 6.42 Å². The van der Waals surface area contributed by atoms with E-state index in [1.165, 1.54) is 5.56 Å². The van der Waals surface area contributed by atoms with E-state index >= 15 is 0 Å². The molecule has 1 saturated heterocycles. The topological polar surface area (TPSA) is 18.5 Å². The molecule has 0 aliphatic carbocycles. The van der Waals surface area contributed by atoms with Gasteiger partial charge in [-0.05, 0) is 37.1 Å². The number of ether oxygens (including phenoxy) is 2. The number of hydrogen-bond donors (Lipinski definition) is 0. The predicted molar refractivity (Wildman–Crippen MR) is 67.3 cm³/mol. The Balaban J connectivity index is 1.78. The molecule has 0 amide bonds. The summed E-state index contributed by atoms with van der Waals surface area (Å²) in [4.78, 5) is 0. The first-order valence-electron chi connectivity index (χ1n) is 6.06. The van der Waals surface area contributed by atoms with Crippen molar-refractivity contribution in [1.29, 1.82) is 0 Å². The van der Waals surface area contributed by atoms with Crippen LogP contribution in [0.4, 0.5) is 0 Å². The largest absolute Gasteiger partial charge is 0.459 e. The van der Waals surface area contributed by atoms with Gasteiger partial charge in [-0.25, -0.2) is 0 Å². The first-order valence-corrected chi connectivity index (χ1v) is 6.06. The fourth-order valence-corrected chi connectivity index (χ4v) is 2.23. The minimum Gasteiger partial charge on any atom is -0.459 e. The molecule has 1 unspecified atom stereocenters. The van der Waals surface area contributed by atoms with Crippen LogP contribution < -0.4 is 0 Å². The van der Waals surface area contributed by atoms with Crippen molar-refractivity contribution in [2.75, 3.05) is 6.61 Å². The predicted octanol–water partition coefficient (Wildman–Crippen LogP) is 3.43. The van der Waals surface area contributed by atoms with Gasteiger partial charge in [0.15, 0.2) is 0 Å². The number of hydrogen-bond acceptors (Lipinski definition) is 2. The second-order valence-corrected chi connectivity index (χ2v) is 4.66. The molecule has 2 aliphatic rings. The van der Waals surface area contributed by atoms with E-state index in [-0.39, 0.29) is 0 Å². The Hall–Kier alpha value is -1.54. The van der Waals surface area contributed by atoms with Crippen LogP contribution in [-0.2, 0) is 9.47 Å². The summed E-state index contributed by atoms with van der Waals surface area (Å²) >= 11 is 0. The number of benzene rings is 1. The molecule has 0 N–H and O–H groups in total. The van der Waals surface area contributed by atoms with E-state index in [2.05, 4.69) is 31.2 Å². The van der Waals surface area contributed by atoms with Crippen molar-refractivity contribution >= 4 is 6.08 Å². The van der Waals surface area contributed by atoms with Crippen molar-refractivity contribution in [3.8, 4) is 0 Å². The Morgan fingerprint density at radius 3 is 2.76 bits per heavy atom. The summed E-state index contributed by atoms with van der Waals surface area (Å²) in [5, 5.41) is 0. The molecule has 1 spiro atoms. The van der Waals surface area contributed by atoms with Gasteiger partial charge in [-0.1, -0.05) is 29.8 Å². The molecule has 1 aromatic rings. The highest BCUT2D eigenvalue weighted by Crippen LogP contribution is 2.36. The van der Waals surface area contributed by atoms with E-state index in [1.54, 1.807) is 0 Å². The zero-order valence-corrected chi connectivity index (χ0v) is 9.98. The summed E-state index contributed by atoms with van der Waals surface area (Å²) in [6, 6.07) is 8.40. The van der Waals surface area contributed by atoms with Crippen molar-refractivity contribution in [2.24, 2.45) is 0 Å². The first kappa shape index (κ1) is 10.6. The van der Waals surface area contributed by atoms with Crippen molar-refractivity contribution < 1.29 is 9.47 Å². The van der Waals surface area contributed by atoms with Crippen LogP contribution in [0.15, 0.2) is 42.2 Å². The van der Waals surface area contributed by atoms with Gasteiger partial charge in [-0.15, -0.1) is 0 Å². The molecule has 0 bridgehead atoms. The SMILES string of the molecule is Cc1ccc(/C=C2\C=CC3(CCCO3)O2)cc1. The Bertz CT molecular complexity index is 462. The van der Waals surface area contributed by atoms with Gasteiger partial charge in [0.25, 0.3) is 0 Å². The highest BCUT2D eigenvalue weighted by Gasteiger charge is 2.38. The monoisotopic (exact) mass is 228 g/mol. The molecule has 3 rings (SSSR count). The Morgan fingerprint density at radius 2 is 2.06 bits per heavy atom. The van der Waals surface area contributed by atoms with Crippen molar-refractivity contribution in [3.05, 3.63) is 53.3 Å². The molecule has 2 aliphatic heterocycles. The molecule has 1 aromatic carbocycles. The van der Waals surface area contributed by atoms with Gasteiger partial charge < -0.3 is 9.47 Å². The van der Waals surface area contributed by atoms with E-state index in [1.807, 2.05) is 18.2 Å². The van der Waals surface area contributed by atoms with Crippen LogP contribution >= 0.6 is 0 Å². The van der Waals surface area contributed by atoms with Gasteiger partial charge in [-0.2, -0.15) is 0 Å². The van der Waals surface area contributed by atoms with Gasteiger partial charge in [0.05, 0.1) is 6.61 Å². The third kappa shape index (κ3) is 2.13. The Morgan fingerprint density at radius 1 is 1.24 bits per heavy atom. The maximum atomic E-state index is 5.87. The summed E-state index contributed by atoms with van der Waals surface area (Å²) in [6.07, 6.45) is 8.11. The first-order chi connectivity index (χ1) is 8.26. The van der Waals surface area contributed by atoms with E-state index < -0.39 is 5.79 Å². The third-order valence-corrected chi connectivity index (χ3v) is 3.19. The summed E-state index contributed by atoms with van der Waals surface area (Å²) in [7, 11) is 0. The van der Waals surface area contributed by atoms with Crippen LogP contribution in [0.25, 0.3) is 6.08 Å². The van der Waals surface area contributed by atoms with Gasteiger partial charge >= 0.3 is 0 Å². The fourth-order valence-electron chi connectivity index (χ4n) is 2.23. The fraction of sp³-hybridized carbons (Fsp3) is 0.333. The second kappa shape index (κ2) is 4.04. The number of aryl methyl sites for hydroxylation is 1. The quantitative estimate of drug-likeness (QED) is 0.733. The molecule has 2 heteroatoms. The molecule has 1 atom stereocenters. The zero-order chi connectivity index (χ0) is 11.7.